The van der Waals surface area contributed by atoms with Gasteiger partial charge in [-0.2, -0.15) is 0 Å². The van der Waals surface area contributed by atoms with Gasteiger partial charge in [-0.05, 0) is 59.7 Å². The Hall–Kier alpha value is -4.13. The fraction of sp³-hybridized carbons (Fsp3) is 0.0833. The molecule has 6 heteroatoms. The molecule has 1 aliphatic rings. The summed E-state index contributed by atoms with van der Waals surface area (Å²) < 4.78 is 4.57. The molecule has 0 saturated carbocycles. The molecule has 0 spiro atoms. The quantitative estimate of drug-likeness (QED) is 0.188. The molecule has 1 aliphatic heterocycles. The molecule has 0 amide bonds. The van der Waals surface area contributed by atoms with Crippen molar-refractivity contribution in [3.63, 3.8) is 0 Å². The van der Waals surface area contributed by atoms with E-state index in [4.69, 9.17) is 15.0 Å². The van der Waals surface area contributed by atoms with Gasteiger partial charge in [0.15, 0.2) is 17.5 Å². The summed E-state index contributed by atoms with van der Waals surface area (Å²) in [6.07, 6.45) is 0. The third-order valence-corrected chi connectivity index (χ3v) is 9.28. The van der Waals surface area contributed by atoms with Gasteiger partial charge < -0.3 is 4.57 Å². The van der Waals surface area contributed by atoms with Crippen LogP contribution >= 0.6 is 31.9 Å². The molecule has 0 N–H and O–H groups in total. The second-order valence-corrected chi connectivity index (χ2v) is 13.1. The highest BCUT2D eigenvalue weighted by Gasteiger charge is 2.36. The van der Waals surface area contributed by atoms with E-state index in [1.54, 1.807) is 0 Å². The Labute approximate surface area is 260 Å². The summed E-state index contributed by atoms with van der Waals surface area (Å²) in [6, 6.07) is 37.9. The van der Waals surface area contributed by atoms with Gasteiger partial charge in [0, 0.05) is 41.8 Å². The Balaban J connectivity index is 1.39. The van der Waals surface area contributed by atoms with Crippen LogP contribution in [0, 0.1) is 0 Å². The van der Waals surface area contributed by atoms with Crippen molar-refractivity contribution in [2.45, 2.75) is 19.3 Å². The summed E-state index contributed by atoms with van der Waals surface area (Å²) >= 11 is 7.51. The van der Waals surface area contributed by atoms with E-state index in [-0.39, 0.29) is 5.41 Å². The predicted octanol–water partition coefficient (Wildman–Crippen LogP) is 10.1. The first-order chi connectivity index (χ1) is 20.4. The molecule has 202 valence electrons. The van der Waals surface area contributed by atoms with Gasteiger partial charge in [0.2, 0.25) is 0 Å². The Morgan fingerprint density at radius 2 is 1.14 bits per heavy atom. The Morgan fingerprint density at radius 1 is 0.548 bits per heavy atom. The van der Waals surface area contributed by atoms with Crippen LogP contribution in [-0.2, 0) is 5.41 Å². The molecule has 7 aromatic rings. The largest absolute Gasteiger partial charge is 0.309 e. The van der Waals surface area contributed by atoms with Crippen molar-refractivity contribution in [1.29, 1.82) is 0 Å². The van der Waals surface area contributed by atoms with Gasteiger partial charge >= 0.3 is 0 Å². The van der Waals surface area contributed by atoms with Crippen LogP contribution < -0.4 is 0 Å². The normalized spacial score (nSPS) is 13.4. The number of nitrogens with zero attached hydrogens (tertiary/aromatic N) is 4. The van der Waals surface area contributed by atoms with Crippen molar-refractivity contribution in [2.24, 2.45) is 0 Å². The maximum Gasteiger partial charge on any atom is 0.164 e. The molecule has 0 unspecified atom stereocenters. The average molecular weight is 672 g/mol. The van der Waals surface area contributed by atoms with Crippen LogP contribution in [0.5, 0.6) is 0 Å². The first-order valence-electron chi connectivity index (χ1n) is 13.8. The van der Waals surface area contributed by atoms with E-state index in [2.05, 4.69) is 98.8 Å². The number of fused-ring (bicyclic) bond motifs is 5. The van der Waals surface area contributed by atoms with E-state index < -0.39 is 0 Å². The van der Waals surface area contributed by atoms with E-state index >= 15 is 0 Å². The maximum absolute atomic E-state index is 5.00. The molecule has 5 aromatic carbocycles. The molecule has 2 aromatic heterocycles. The summed E-state index contributed by atoms with van der Waals surface area (Å²) in [5, 5.41) is 2.48. The van der Waals surface area contributed by atoms with E-state index in [1.165, 1.54) is 38.6 Å². The van der Waals surface area contributed by atoms with Crippen molar-refractivity contribution in [3.8, 4) is 39.9 Å². The van der Waals surface area contributed by atoms with E-state index in [9.17, 15) is 0 Å². The lowest BCUT2D eigenvalue weighted by Gasteiger charge is -2.35. The predicted molar refractivity (Wildman–Crippen MR) is 178 cm³/mol. The molecular weight excluding hydrogens is 648 g/mol. The van der Waals surface area contributed by atoms with Gasteiger partial charge in [-0.25, -0.2) is 15.0 Å². The Kier molecular flexibility index (Phi) is 5.75. The molecule has 0 aliphatic carbocycles. The van der Waals surface area contributed by atoms with Crippen LogP contribution in [0.2, 0.25) is 0 Å². The van der Waals surface area contributed by atoms with Crippen molar-refractivity contribution >= 4 is 53.7 Å². The van der Waals surface area contributed by atoms with Crippen LogP contribution in [0.4, 0.5) is 0 Å². The van der Waals surface area contributed by atoms with Gasteiger partial charge in [0.25, 0.3) is 0 Å². The highest BCUT2D eigenvalue weighted by Crippen LogP contribution is 2.49. The second kappa shape index (κ2) is 9.45. The van der Waals surface area contributed by atoms with Crippen LogP contribution in [0.15, 0.2) is 118 Å². The van der Waals surface area contributed by atoms with Crippen molar-refractivity contribution in [3.05, 3.63) is 129 Å². The summed E-state index contributed by atoms with van der Waals surface area (Å²) in [7, 11) is 0. The lowest BCUT2D eigenvalue weighted by atomic mass is 9.74. The topological polar surface area (TPSA) is 43.6 Å². The molecule has 3 heterocycles. The van der Waals surface area contributed by atoms with Crippen molar-refractivity contribution in [2.75, 3.05) is 0 Å². The van der Waals surface area contributed by atoms with E-state index in [0.717, 1.165) is 25.6 Å². The summed E-state index contributed by atoms with van der Waals surface area (Å²) in [6.45, 7) is 4.62. The average Bonchev–Trinajstić information content (AvgIpc) is 3.33. The first-order valence-corrected chi connectivity index (χ1v) is 15.4. The van der Waals surface area contributed by atoms with Gasteiger partial charge in [0.1, 0.15) is 0 Å². The minimum Gasteiger partial charge on any atom is -0.309 e. The van der Waals surface area contributed by atoms with Crippen molar-refractivity contribution in [1.82, 2.24) is 19.5 Å². The SMILES string of the molecule is CC1(C)c2cc(-c3nc(-c4ccccc4)nc(-c4ccccc4)n3)ccc2-n2c3ccc(Br)cc3c3cc(Br)cc1c32. The zero-order chi connectivity index (χ0) is 28.6. The highest BCUT2D eigenvalue weighted by molar-refractivity contribution is 9.10. The smallest absolute Gasteiger partial charge is 0.164 e. The number of hydrogen-bond donors (Lipinski definition) is 0. The number of halogens is 2. The van der Waals surface area contributed by atoms with E-state index in [0.29, 0.717) is 17.5 Å². The number of benzene rings is 5. The van der Waals surface area contributed by atoms with Crippen LogP contribution in [-0.4, -0.2) is 19.5 Å². The van der Waals surface area contributed by atoms with Gasteiger partial charge in [-0.1, -0.05) is 106 Å². The minimum absolute atomic E-state index is 0.257. The van der Waals surface area contributed by atoms with Gasteiger partial charge in [-0.3, -0.25) is 0 Å². The van der Waals surface area contributed by atoms with E-state index in [1.807, 2.05) is 60.7 Å². The fourth-order valence-corrected chi connectivity index (χ4v) is 7.08. The highest BCUT2D eigenvalue weighted by atomic mass is 79.9. The molecule has 0 saturated heterocycles. The van der Waals surface area contributed by atoms with Crippen molar-refractivity contribution < 1.29 is 0 Å². The van der Waals surface area contributed by atoms with Crippen LogP contribution in [0.25, 0.3) is 61.7 Å². The Bertz CT molecular complexity index is 2130. The maximum atomic E-state index is 5.00. The molecule has 42 heavy (non-hydrogen) atoms. The molecule has 8 rings (SSSR count). The first kappa shape index (κ1) is 25.6. The summed E-state index contributed by atoms with van der Waals surface area (Å²) in [5.41, 5.74) is 8.78. The standard InChI is InChI=1S/C36H24Br2N4/c1-36(2)28-17-23(35-40-33(21-9-5-3-6-10-21)39-34(41-35)22-11-7-4-8-12-22)13-15-31(28)42-30-16-14-24(37)18-26(30)27-19-25(38)20-29(36)32(27)42/h3-20H,1-2H3. The molecule has 0 bridgehead atoms. The third-order valence-electron chi connectivity index (χ3n) is 8.33. The van der Waals surface area contributed by atoms with Crippen LogP contribution in [0.3, 0.4) is 0 Å². The lowest BCUT2D eigenvalue weighted by molar-refractivity contribution is 0.630. The van der Waals surface area contributed by atoms with Gasteiger partial charge in [0.05, 0.1) is 16.7 Å². The number of aromatic nitrogens is 4. The Morgan fingerprint density at radius 3 is 1.79 bits per heavy atom. The zero-order valence-corrected chi connectivity index (χ0v) is 26.1. The fourth-order valence-electron chi connectivity index (χ4n) is 6.27. The summed E-state index contributed by atoms with van der Waals surface area (Å²) in [5.74, 6) is 1.98. The molecule has 0 fully saturated rings. The summed E-state index contributed by atoms with van der Waals surface area (Å²) in [4.78, 5) is 14.9. The lowest BCUT2D eigenvalue weighted by Crippen LogP contribution is -2.26. The number of rotatable bonds is 3. The molecule has 0 radical (unpaired) electrons. The number of hydrogen-bond acceptors (Lipinski definition) is 3. The molecule has 0 atom stereocenters. The molecule has 4 nitrogen and oxygen atoms in total. The zero-order valence-electron chi connectivity index (χ0n) is 22.9. The minimum atomic E-state index is -0.257. The molecular formula is C36H24Br2N4. The van der Waals surface area contributed by atoms with Crippen LogP contribution in [0.1, 0.15) is 25.0 Å². The second-order valence-electron chi connectivity index (χ2n) is 11.2. The van der Waals surface area contributed by atoms with Gasteiger partial charge in [-0.15, -0.1) is 0 Å². The third kappa shape index (κ3) is 3.89. The monoisotopic (exact) mass is 670 g/mol.